The molecule has 1 fully saturated rings. The molecule has 0 unspecified atom stereocenters. The van der Waals surface area contributed by atoms with Crippen molar-refractivity contribution >= 4 is 28.8 Å². The van der Waals surface area contributed by atoms with Gasteiger partial charge in [-0.15, -0.1) is 0 Å². The van der Waals surface area contributed by atoms with E-state index in [-0.39, 0.29) is 18.1 Å². The Morgan fingerprint density at radius 2 is 1.69 bits per heavy atom. The lowest BCUT2D eigenvalue weighted by molar-refractivity contribution is -0.123. The highest BCUT2D eigenvalue weighted by Gasteiger charge is 2.33. The number of aryl methyl sites for hydroxylation is 1. The summed E-state index contributed by atoms with van der Waals surface area (Å²) in [6.45, 7) is 2.58. The van der Waals surface area contributed by atoms with E-state index < -0.39 is 6.03 Å². The molecule has 1 heterocycles. The number of amides is 3. The van der Waals surface area contributed by atoms with Crippen molar-refractivity contribution in [3.8, 4) is 11.5 Å². The van der Waals surface area contributed by atoms with Gasteiger partial charge in [-0.25, -0.2) is 4.79 Å². The van der Waals surface area contributed by atoms with Crippen LogP contribution in [0.5, 0.6) is 11.5 Å². The Labute approximate surface area is 209 Å². The lowest BCUT2D eigenvalue weighted by Gasteiger charge is -2.13. The second kappa shape index (κ2) is 9.96. The molecule has 4 aromatic carbocycles. The number of methoxy groups -OCH3 is 1. The van der Waals surface area contributed by atoms with E-state index in [0.717, 1.165) is 27.5 Å². The van der Waals surface area contributed by atoms with Crippen molar-refractivity contribution in [1.82, 2.24) is 10.2 Å². The van der Waals surface area contributed by atoms with Gasteiger partial charge in [-0.3, -0.25) is 9.69 Å². The molecule has 180 valence electrons. The summed E-state index contributed by atoms with van der Waals surface area (Å²) >= 11 is 0. The van der Waals surface area contributed by atoms with Crippen molar-refractivity contribution in [2.75, 3.05) is 7.11 Å². The van der Waals surface area contributed by atoms with Crippen LogP contribution in [-0.4, -0.2) is 23.9 Å². The fourth-order valence-corrected chi connectivity index (χ4v) is 4.34. The van der Waals surface area contributed by atoms with Crippen LogP contribution in [0.3, 0.4) is 0 Å². The third kappa shape index (κ3) is 4.79. The van der Waals surface area contributed by atoms with Gasteiger partial charge in [0.1, 0.15) is 12.3 Å². The Balaban J connectivity index is 1.32. The van der Waals surface area contributed by atoms with Gasteiger partial charge in [0.2, 0.25) is 0 Å². The molecule has 0 saturated carbocycles. The largest absolute Gasteiger partial charge is 0.493 e. The Morgan fingerprint density at radius 3 is 2.53 bits per heavy atom. The molecule has 6 nitrogen and oxygen atoms in total. The molecule has 1 N–H and O–H groups in total. The molecule has 0 atom stereocenters. The molecule has 0 spiro atoms. The highest BCUT2D eigenvalue weighted by atomic mass is 16.5. The molecule has 6 heteroatoms. The minimum Gasteiger partial charge on any atom is -0.493 e. The van der Waals surface area contributed by atoms with Gasteiger partial charge in [0, 0.05) is 0 Å². The van der Waals surface area contributed by atoms with Crippen molar-refractivity contribution in [3.05, 3.63) is 113 Å². The standard InChI is InChI=1S/C30H26N2O4/c1-20-7-5-8-22(15-20)18-32-29(33)26(31-30(32)34)16-21-13-14-27(28(17-21)35-2)36-19-24-11-6-10-23-9-3-4-12-25(23)24/h3-17H,18-19H2,1-2H3,(H,31,34)/b26-16+. The lowest BCUT2D eigenvalue weighted by Crippen LogP contribution is -2.30. The number of hydrogen-bond donors (Lipinski definition) is 1. The maximum absolute atomic E-state index is 12.9. The number of ether oxygens (including phenoxy) is 2. The second-order valence-electron chi connectivity index (χ2n) is 8.71. The van der Waals surface area contributed by atoms with Gasteiger partial charge in [-0.1, -0.05) is 78.4 Å². The molecule has 1 saturated heterocycles. The maximum atomic E-state index is 12.9. The minimum absolute atomic E-state index is 0.216. The zero-order valence-corrected chi connectivity index (χ0v) is 20.2. The molecule has 4 aromatic rings. The van der Waals surface area contributed by atoms with E-state index in [1.54, 1.807) is 19.3 Å². The first kappa shape index (κ1) is 23.2. The number of fused-ring (bicyclic) bond motifs is 1. The van der Waals surface area contributed by atoms with Crippen LogP contribution in [0.4, 0.5) is 4.79 Å². The first-order valence-corrected chi connectivity index (χ1v) is 11.7. The monoisotopic (exact) mass is 478 g/mol. The van der Waals surface area contributed by atoms with Gasteiger partial charge in [0.05, 0.1) is 13.7 Å². The Hall–Kier alpha value is -4.58. The topological polar surface area (TPSA) is 67.9 Å². The van der Waals surface area contributed by atoms with Crippen LogP contribution < -0.4 is 14.8 Å². The molecule has 1 aliphatic rings. The van der Waals surface area contributed by atoms with E-state index in [2.05, 4.69) is 23.5 Å². The molecule has 0 radical (unpaired) electrons. The van der Waals surface area contributed by atoms with Crippen LogP contribution in [0.15, 0.2) is 90.6 Å². The van der Waals surface area contributed by atoms with E-state index in [0.29, 0.717) is 23.7 Å². The summed E-state index contributed by atoms with van der Waals surface area (Å²) < 4.78 is 11.6. The van der Waals surface area contributed by atoms with Gasteiger partial charge in [-0.2, -0.15) is 0 Å². The third-order valence-electron chi connectivity index (χ3n) is 6.15. The summed E-state index contributed by atoms with van der Waals surface area (Å²) in [5.74, 6) is 0.769. The number of rotatable bonds is 7. The average Bonchev–Trinajstić information content (AvgIpc) is 3.15. The zero-order valence-electron chi connectivity index (χ0n) is 20.2. The summed E-state index contributed by atoms with van der Waals surface area (Å²) in [5, 5.41) is 4.98. The summed E-state index contributed by atoms with van der Waals surface area (Å²) in [6.07, 6.45) is 1.65. The van der Waals surface area contributed by atoms with Crippen molar-refractivity contribution < 1.29 is 19.1 Å². The number of carbonyl (C=O) groups is 2. The normalized spacial score (nSPS) is 14.4. The molecular weight excluding hydrogens is 452 g/mol. The number of imide groups is 1. The number of nitrogens with one attached hydrogen (secondary N) is 1. The number of carbonyl (C=O) groups excluding carboxylic acids is 2. The Morgan fingerprint density at radius 1 is 0.889 bits per heavy atom. The summed E-state index contributed by atoms with van der Waals surface area (Å²) in [6, 6.07) is 27.1. The SMILES string of the molecule is COc1cc(/C=C2/NC(=O)N(Cc3cccc(C)c3)C2=O)ccc1OCc1cccc2ccccc12. The van der Waals surface area contributed by atoms with Crippen LogP contribution in [0.25, 0.3) is 16.8 Å². The second-order valence-corrected chi connectivity index (χ2v) is 8.71. The fraction of sp³-hybridized carbons (Fsp3) is 0.133. The maximum Gasteiger partial charge on any atom is 0.329 e. The smallest absolute Gasteiger partial charge is 0.329 e. The average molecular weight is 479 g/mol. The lowest BCUT2D eigenvalue weighted by atomic mass is 10.1. The van der Waals surface area contributed by atoms with E-state index in [9.17, 15) is 9.59 Å². The van der Waals surface area contributed by atoms with Gasteiger partial charge >= 0.3 is 6.03 Å². The van der Waals surface area contributed by atoms with Crippen molar-refractivity contribution in [3.63, 3.8) is 0 Å². The first-order valence-electron chi connectivity index (χ1n) is 11.7. The molecule has 0 bridgehead atoms. The molecule has 3 amide bonds. The van der Waals surface area contributed by atoms with Gasteiger partial charge in [0.15, 0.2) is 11.5 Å². The Bertz CT molecular complexity index is 1490. The predicted octanol–water partition coefficient (Wildman–Crippen LogP) is 5.83. The summed E-state index contributed by atoms with van der Waals surface area (Å²) in [7, 11) is 1.57. The zero-order chi connectivity index (χ0) is 25.1. The summed E-state index contributed by atoms with van der Waals surface area (Å²) in [5.41, 5.74) is 3.98. The van der Waals surface area contributed by atoms with Crippen molar-refractivity contribution in [2.24, 2.45) is 0 Å². The Kier molecular flexibility index (Phi) is 6.41. The van der Waals surface area contributed by atoms with Crippen molar-refractivity contribution in [2.45, 2.75) is 20.1 Å². The predicted molar refractivity (Wildman–Crippen MR) is 140 cm³/mol. The molecular formula is C30H26N2O4. The molecule has 0 aliphatic carbocycles. The third-order valence-corrected chi connectivity index (χ3v) is 6.15. The molecule has 36 heavy (non-hydrogen) atoms. The van der Waals surface area contributed by atoms with Crippen LogP contribution in [0.1, 0.15) is 22.3 Å². The first-order chi connectivity index (χ1) is 17.5. The van der Waals surface area contributed by atoms with Crippen LogP contribution >= 0.6 is 0 Å². The minimum atomic E-state index is -0.435. The number of urea groups is 1. The van der Waals surface area contributed by atoms with Gasteiger partial charge < -0.3 is 14.8 Å². The van der Waals surface area contributed by atoms with Crippen molar-refractivity contribution in [1.29, 1.82) is 0 Å². The molecule has 1 aliphatic heterocycles. The van der Waals surface area contributed by atoms with Crippen LogP contribution in [-0.2, 0) is 17.9 Å². The van der Waals surface area contributed by atoms with Gasteiger partial charge in [-0.05, 0) is 52.6 Å². The number of benzene rings is 4. The van der Waals surface area contributed by atoms with E-state index >= 15 is 0 Å². The quantitative estimate of drug-likeness (QED) is 0.268. The highest BCUT2D eigenvalue weighted by Crippen LogP contribution is 2.31. The number of nitrogens with zero attached hydrogens (tertiary/aromatic N) is 1. The van der Waals surface area contributed by atoms with E-state index in [1.165, 1.54) is 4.90 Å². The van der Waals surface area contributed by atoms with Crippen LogP contribution in [0, 0.1) is 6.92 Å². The van der Waals surface area contributed by atoms with Crippen LogP contribution in [0.2, 0.25) is 0 Å². The molecule has 5 rings (SSSR count). The number of hydrogen-bond acceptors (Lipinski definition) is 4. The highest BCUT2D eigenvalue weighted by molar-refractivity contribution is 6.13. The summed E-state index contributed by atoms with van der Waals surface area (Å²) in [4.78, 5) is 26.6. The fourth-order valence-electron chi connectivity index (χ4n) is 4.34. The van der Waals surface area contributed by atoms with Gasteiger partial charge in [0.25, 0.3) is 5.91 Å². The van der Waals surface area contributed by atoms with E-state index in [1.807, 2.05) is 67.6 Å². The molecule has 0 aromatic heterocycles. The van der Waals surface area contributed by atoms with E-state index in [4.69, 9.17) is 9.47 Å².